The van der Waals surface area contributed by atoms with Crippen molar-refractivity contribution in [2.75, 3.05) is 7.11 Å². The Balaban J connectivity index is 1.70. The molecule has 0 unspecified atom stereocenters. The second-order valence-corrected chi connectivity index (χ2v) is 12.5. The summed E-state index contributed by atoms with van der Waals surface area (Å²) in [4.78, 5) is 2.22. The first-order valence-corrected chi connectivity index (χ1v) is 15.5. The lowest BCUT2D eigenvalue weighted by Gasteiger charge is -2.45. The van der Waals surface area contributed by atoms with Gasteiger partial charge in [-0.05, 0) is 76.2 Å². The Morgan fingerprint density at radius 1 is 0.750 bits per heavy atom. The molecule has 226 valence electrons. The van der Waals surface area contributed by atoms with E-state index in [1.165, 1.54) is 6.07 Å². The normalized spacial score (nSPS) is 17.0. The fraction of sp³-hybridized carbons (Fsp3) is 0.200. The predicted octanol–water partition coefficient (Wildman–Crippen LogP) is 8.39. The second-order valence-electron chi connectivity index (χ2n) is 10.9. The summed E-state index contributed by atoms with van der Waals surface area (Å²) in [5.41, 5.74) is 0.341. The van der Waals surface area contributed by atoms with Crippen molar-refractivity contribution < 1.29 is 30.5 Å². The minimum Gasteiger partial charge on any atom is -0.497 e. The number of rotatable bonds is 7. The molecule has 5 aromatic rings. The van der Waals surface area contributed by atoms with E-state index in [4.69, 9.17) is 8.92 Å². The lowest BCUT2D eigenvalue weighted by molar-refractivity contribution is -0.0500. The first-order valence-electron chi connectivity index (χ1n) is 14.1. The number of ether oxygens (including phenoxy) is 1. The molecule has 1 aliphatic heterocycles. The van der Waals surface area contributed by atoms with E-state index in [-0.39, 0.29) is 11.8 Å². The van der Waals surface area contributed by atoms with Crippen LogP contribution in [0.2, 0.25) is 0 Å². The van der Waals surface area contributed by atoms with Crippen LogP contribution in [0.4, 0.5) is 13.2 Å². The maximum atomic E-state index is 13.7. The van der Waals surface area contributed by atoms with Crippen LogP contribution in [0, 0.1) is 13.8 Å². The molecule has 6 rings (SSSR count). The third-order valence-corrected chi connectivity index (χ3v) is 9.24. The van der Waals surface area contributed by atoms with Gasteiger partial charge in [-0.15, -0.1) is 0 Å². The van der Waals surface area contributed by atoms with Crippen LogP contribution in [0.25, 0.3) is 10.8 Å². The Labute approximate surface area is 254 Å². The smallest absolute Gasteiger partial charge is 0.497 e. The van der Waals surface area contributed by atoms with Crippen molar-refractivity contribution in [1.29, 1.82) is 0 Å². The molecule has 0 aliphatic carbocycles. The topological polar surface area (TPSA) is 55.8 Å². The molecule has 0 amide bonds. The van der Waals surface area contributed by atoms with Crippen LogP contribution in [0.15, 0.2) is 103 Å². The molecule has 0 saturated carbocycles. The zero-order valence-corrected chi connectivity index (χ0v) is 25.1. The molecule has 0 spiro atoms. The molecule has 0 fully saturated rings. The quantitative estimate of drug-likeness (QED) is 0.136. The molecule has 0 bridgehead atoms. The summed E-state index contributed by atoms with van der Waals surface area (Å²) in [6.07, 6.45) is 0. The molecule has 2 atom stereocenters. The Kier molecular flexibility index (Phi) is 7.63. The van der Waals surface area contributed by atoms with E-state index in [2.05, 4.69) is 4.90 Å². The molecular formula is C35H30F3NO4S. The molecule has 1 heterocycles. The van der Waals surface area contributed by atoms with Gasteiger partial charge < -0.3 is 8.92 Å². The van der Waals surface area contributed by atoms with Crippen LogP contribution in [0.5, 0.6) is 11.5 Å². The minimum absolute atomic E-state index is 0.325. The summed E-state index contributed by atoms with van der Waals surface area (Å²) in [5, 5.41) is 1.46. The fourth-order valence-corrected chi connectivity index (χ4v) is 6.72. The number of methoxy groups -OCH3 is 1. The van der Waals surface area contributed by atoms with Gasteiger partial charge in [0, 0.05) is 12.1 Å². The largest absolute Gasteiger partial charge is 0.534 e. The van der Waals surface area contributed by atoms with Crippen LogP contribution in [-0.2, 0) is 16.7 Å². The number of hydrogen-bond acceptors (Lipinski definition) is 5. The number of halogens is 3. The van der Waals surface area contributed by atoms with Crippen molar-refractivity contribution >= 4 is 20.9 Å². The minimum atomic E-state index is -5.95. The Morgan fingerprint density at radius 3 is 1.91 bits per heavy atom. The van der Waals surface area contributed by atoms with Crippen molar-refractivity contribution in [3.8, 4) is 11.5 Å². The van der Waals surface area contributed by atoms with Crippen LogP contribution in [0.3, 0.4) is 0 Å². The van der Waals surface area contributed by atoms with Crippen molar-refractivity contribution in [3.63, 3.8) is 0 Å². The number of nitrogens with zero attached hydrogens (tertiary/aromatic N) is 1. The van der Waals surface area contributed by atoms with E-state index in [9.17, 15) is 21.6 Å². The van der Waals surface area contributed by atoms with E-state index in [1.54, 1.807) is 13.2 Å². The molecule has 9 heteroatoms. The van der Waals surface area contributed by atoms with E-state index >= 15 is 0 Å². The van der Waals surface area contributed by atoms with E-state index in [0.29, 0.717) is 23.2 Å². The summed E-state index contributed by atoms with van der Waals surface area (Å²) >= 11 is 0. The van der Waals surface area contributed by atoms with E-state index in [0.717, 1.165) is 38.8 Å². The monoisotopic (exact) mass is 617 g/mol. The zero-order valence-electron chi connectivity index (χ0n) is 24.3. The van der Waals surface area contributed by atoms with Gasteiger partial charge in [0.2, 0.25) is 0 Å². The molecular weight excluding hydrogens is 587 g/mol. The predicted molar refractivity (Wildman–Crippen MR) is 164 cm³/mol. The summed E-state index contributed by atoms with van der Waals surface area (Å²) in [7, 11) is -4.34. The number of alkyl halides is 3. The first-order chi connectivity index (χ1) is 21.0. The van der Waals surface area contributed by atoms with E-state index in [1.807, 2.05) is 105 Å². The fourth-order valence-electron chi connectivity index (χ4n) is 6.24. The highest BCUT2D eigenvalue weighted by atomic mass is 32.2. The van der Waals surface area contributed by atoms with Gasteiger partial charge in [-0.2, -0.15) is 21.6 Å². The lowest BCUT2D eigenvalue weighted by atomic mass is 9.78. The van der Waals surface area contributed by atoms with Gasteiger partial charge in [-0.1, -0.05) is 84.9 Å². The Morgan fingerprint density at radius 2 is 1.34 bits per heavy atom. The summed E-state index contributed by atoms with van der Waals surface area (Å²) < 4.78 is 76.3. The van der Waals surface area contributed by atoms with Gasteiger partial charge in [-0.25, -0.2) is 0 Å². The summed E-state index contributed by atoms with van der Waals surface area (Å²) in [6, 6.07) is 31.0. The molecule has 5 nitrogen and oxygen atoms in total. The zero-order chi connectivity index (χ0) is 31.2. The summed E-state index contributed by atoms with van der Waals surface area (Å²) in [6.45, 7) is 4.35. The van der Waals surface area contributed by atoms with Crippen LogP contribution in [-0.4, -0.2) is 25.9 Å². The van der Waals surface area contributed by atoms with Gasteiger partial charge in [0.05, 0.1) is 19.2 Å². The lowest BCUT2D eigenvalue weighted by Crippen LogP contribution is -2.38. The number of benzene rings is 5. The van der Waals surface area contributed by atoms with Gasteiger partial charge in [0.15, 0.2) is 0 Å². The molecule has 0 saturated heterocycles. The molecule has 0 N–H and O–H groups in total. The van der Waals surface area contributed by atoms with Gasteiger partial charge in [-0.3, -0.25) is 4.90 Å². The van der Waals surface area contributed by atoms with Crippen LogP contribution < -0.4 is 8.92 Å². The molecule has 44 heavy (non-hydrogen) atoms. The average Bonchev–Trinajstić information content (AvgIpc) is 3.00. The number of aryl methyl sites for hydroxylation is 2. The van der Waals surface area contributed by atoms with Gasteiger partial charge >= 0.3 is 15.6 Å². The maximum absolute atomic E-state index is 13.7. The standard InChI is InChI=1S/C35H30F3NO4S/c1-22-14-15-24-17-19-29(43-44(40,41)35(36,37)38)32-31(24)30(22)33(25-10-6-4-7-11-25)39(34(32)26-12-8-5-9-13-26)21-27-16-18-28(42-3)20-23(27)2/h4-20,33-34H,21H2,1-3H3/t33-,34+/m1/s1. The number of hydrogen-bond donors (Lipinski definition) is 0. The highest BCUT2D eigenvalue weighted by Crippen LogP contribution is 2.53. The Bertz CT molecular complexity index is 1940. The highest BCUT2D eigenvalue weighted by Gasteiger charge is 2.50. The van der Waals surface area contributed by atoms with E-state index < -0.39 is 21.7 Å². The maximum Gasteiger partial charge on any atom is 0.534 e. The molecule has 0 radical (unpaired) electrons. The van der Waals surface area contributed by atoms with Crippen LogP contribution in [0.1, 0.15) is 51.0 Å². The third kappa shape index (κ3) is 5.20. The van der Waals surface area contributed by atoms with Gasteiger partial charge in [0.1, 0.15) is 11.5 Å². The van der Waals surface area contributed by atoms with Crippen molar-refractivity contribution in [2.45, 2.75) is 38.0 Å². The van der Waals surface area contributed by atoms with Crippen molar-refractivity contribution in [3.05, 3.63) is 142 Å². The van der Waals surface area contributed by atoms with Crippen molar-refractivity contribution in [1.82, 2.24) is 4.90 Å². The van der Waals surface area contributed by atoms with Crippen molar-refractivity contribution in [2.24, 2.45) is 0 Å². The molecule has 1 aliphatic rings. The molecule has 5 aromatic carbocycles. The average molecular weight is 618 g/mol. The SMILES string of the molecule is COc1ccc(CN2[C@H](c3ccccc3)c3c(C)ccc4ccc(OS(=O)(=O)C(F)(F)F)c(c34)[C@@H]2c2ccccc2)c(C)c1. The Hall–Kier alpha value is -4.34. The highest BCUT2D eigenvalue weighted by molar-refractivity contribution is 7.88. The van der Waals surface area contributed by atoms with Gasteiger partial charge in [0.25, 0.3) is 0 Å². The summed E-state index contributed by atoms with van der Waals surface area (Å²) in [5.74, 6) is 0.363. The molecule has 0 aromatic heterocycles. The first kappa shape index (κ1) is 29.7. The third-order valence-electron chi connectivity index (χ3n) is 8.27. The van der Waals surface area contributed by atoms with Crippen LogP contribution >= 0.6 is 0 Å². The second kappa shape index (κ2) is 11.3.